The standard InChI is InChI=1S/C9H15N3O3S/c1-3-4-12(5-8(13)14)9-10-7(6-15-2)11-16-9/h3-6H2,1-2H3,(H,13,14). The van der Waals surface area contributed by atoms with Crippen LogP contribution < -0.4 is 4.90 Å². The van der Waals surface area contributed by atoms with Gasteiger partial charge in [-0.15, -0.1) is 0 Å². The molecule has 0 unspecified atom stereocenters. The van der Waals surface area contributed by atoms with Gasteiger partial charge in [-0.25, -0.2) is 4.98 Å². The molecule has 0 saturated heterocycles. The van der Waals surface area contributed by atoms with E-state index in [-0.39, 0.29) is 6.54 Å². The molecule has 0 aromatic carbocycles. The van der Waals surface area contributed by atoms with Gasteiger partial charge in [-0.3, -0.25) is 4.79 Å². The maximum atomic E-state index is 10.7. The summed E-state index contributed by atoms with van der Waals surface area (Å²) in [5, 5.41) is 9.41. The first-order chi connectivity index (χ1) is 7.67. The molecule has 6 nitrogen and oxygen atoms in total. The molecule has 0 saturated carbocycles. The predicted molar refractivity (Wildman–Crippen MR) is 60.8 cm³/mol. The van der Waals surface area contributed by atoms with E-state index in [1.54, 1.807) is 12.0 Å². The number of hydrogen-bond donors (Lipinski definition) is 1. The molecule has 0 amide bonds. The summed E-state index contributed by atoms with van der Waals surface area (Å²) in [5.74, 6) is -0.272. The number of carbonyl (C=O) groups is 1. The van der Waals surface area contributed by atoms with E-state index in [0.29, 0.717) is 24.1 Å². The van der Waals surface area contributed by atoms with Gasteiger partial charge < -0.3 is 14.7 Å². The third-order valence-electron chi connectivity index (χ3n) is 1.82. The molecule has 0 radical (unpaired) electrons. The number of carboxylic acid groups (broad SMARTS) is 1. The summed E-state index contributed by atoms with van der Waals surface area (Å²) in [7, 11) is 1.57. The zero-order chi connectivity index (χ0) is 12.0. The highest BCUT2D eigenvalue weighted by molar-refractivity contribution is 7.09. The van der Waals surface area contributed by atoms with Gasteiger partial charge in [-0.05, 0) is 6.42 Å². The summed E-state index contributed by atoms with van der Waals surface area (Å²) in [6.45, 7) is 2.96. The minimum Gasteiger partial charge on any atom is -0.480 e. The third-order valence-corrected chi connectivity index (χ3v) is 2.64. The molecular formula is C9H15N3O3S. The third kappa shape index (κ3) is 3.74. The Bertz CT molecular complexity index is 342. The molecule has 7 heteroatoms. The highest BCUT2D eigenvalue weighted by atomic mass is 32.1. The Morgan fingerprint density at radius 3 is 2.94 bits per heavy atom. The van der Waals surface area contributed by atoms with Crippen molar-refractivity contribution in [2.75, 3.05) is 25.1 Å². The van der Waals surface area contributed by atoms with Crippen LogP contribution in [0.15, 0.2) is 0 Å². The number of anilines is 1. The van der Waals surface area contributed by atoms with E-state index in [1.807, 2.05) is 6.92 Å². The lowest BCUT2D eigenvalue weighted by atomic mass is 10.4. The second-order valence-electron chi connectivity index (χ2n) is 3.24. The lowest BCUT2D eigenvalue weighted by Gasteiger charge is -2.17. The Morgan fingerprint density at radius 2 is 2.38 bits per heavy atom. The molecule has 0 spiro atoms. The fourth-order valence-corrected chi connectivity index (χ4v) is 1.93. The van der Waals surface area contributed by atoms with Crippen molar-refractivity contribution in [2.45, 2.75) is 20.0 Å². The first-order valence-electron chi connectivity index (χ1n) is 4.95. The van der Waals surface area contributed by atoms with Gasteiger partial charge in [0.25, 0.3) is 0 Å². The number of carboxylic acids is 1. The van der Waals surface area contributed by atoms with Gasteiger partial charge in [-0.1, -0.05) is 6.92 Å². The molecule has 90 valence electrons. The number of aliphatic carboxylic acids is 1. The molecule has 1 aromatic rings. The van der Waals surface area contributed by atoms with Crippen molar-refractivity contribution in [1.29, 1.82) is 0 Å². The number of rotatable bonds is 7. The number of nitrogens with zero attached hydrogens (tertiary/aromatic N) is 3. The van der Waals surface area contributed by atoms with Crippen LogP contribution in [0.25, 0.3) is 0 Å². The fourth-order valence-electron chi connectivity index (χ4n) is 1.24. The van der Waals surface area contributed by atoms with Crippen molar-refractivity contribution in [3.05, 3.63) is 5.82 Å². The smallest absolute Gasteiger partial charge is 0.323 e. The first-order valence-corrected chi connectivity index (χ1v) is 5.73. The molecule has 1 N–H and O–H groups in total. The molecule has 16 heavy (non-hydrogen) atoms. The van der Waals surface area contributed by atoms with Crippen molar-refractivity contribution in [3.63, 3.8) is 0 Å². The highest BCUT2D eigenvalue weighted by Gasteiger charge is 2.14. The van der Waals surface area contributed by atoms with E-state index < -0.39 is 5.97 Å². The summed E-state index contributed by atoms with van der Waals surface area (Å²) in [4.78, 5) is 16.6. The van der Waals surface area contributed by atoms with Crippen molar-refractivity contribution >= 4 is 22.6 Å². The van der Waals surface area contributed by atoms with Gasteiger partial charge in [0.2, 0.25) is 5.13 Å². The van der Waals surface area contributed by atoms with Crippen LogP contribution in [-0.2, 0) is 16.1 Å². The second-order valence-corrected chi connectivity index (χ2v) is 3.97. The fraction of sp³-hybridized carbons (Fsp3) is 0.667. The molecule has 0 bridgehead atoms. The molecule has 1 rings (SSSR count). The predicted octanol–water partition coefficient (Wildman–Crippen LogP) is 0.985. The molecule has 1 heterocycles. The van der Waals surface area contributed by atoms with E-state index in [2.05, 4.69) is 9.36 Å². The topological polar surface area (TPSA) is 75.6 Å². The second kappa shape index (κ2) is 6.39. The quantitative estimate of drug-likeness (QED) is 0.772. The minimum atomic E-state index is -0.864. The van der Waals surface area contributed by atoms with Gasteiger partial charge >= 0.3 is 5.97 Å². The lowest BCUT2D eigenvalue weighted by molar-refractivity contribution is -0.135. The summed E-state index contributed by atoms with van der Waals surface area (Å²) in [6, 6.07) is 0. The van der Waals surface area contributed by atoms with Gasteiger partial charge in [0, 0.05) is 25.2 Å². The van der Waals surface area contributed by atoms with Crippen LogP contribution in [0, 0.1) is 0 Å². The number of methoxy groups -OCH3 is 1. The van der Waals surface area contributed by atoms with E-state index in [0.717, 1.165) is 6.42 Å². The van der Waals surface area contributed by atoms with Crippen LogP contribution in [0.1, 0.15) is 19.2 Å². The molecule has 0 fully saturated rings. The molecule has 0 aliphatic heterocycles. The van der Waals surface area contributed by atoms with E-state index in [9.17, 15) is 4.79 Å². The maximum Gasteiger partial charge on any atom is 0.323 e. The zero-order valence-electron chi connectivity index (χ0n) is 9.34. The maximum absolute atomic E-state index is 10.7. The first kappa shape index (κ1) is 12.9. The number of aromatic nitrogens is 2. The number of ether oxygens (including phenoxy) is 1. The monoisotopic (exact) mass is 245 g/mol. The average Bonchev–Trinajstić information content (AvgIpc) is 2.66. The molecule has 0 atom stereocenters. The summed E-state index contributed by atoms with van der Waals surface area (Å²) in [6.07, 6.45) is 0.868. The van der Waals surface area contributed by atoms with Crippen LogP contribution in [0.2, 0.25) is 0 Å². The van der Waals surface area contributed by atoms with Gasteiger partial charge in [0.1, 0.15) is 13.2 Å². The lowest BCUT2D eigenvalue weighted by Crippen LogP contribution is -2.30. The van der Waals surface area contributed by atoms with Crippen LogP contribution in [0.4, 0.5) is 5.13 Å². The van der Waals surface area contributed by atoms with Gasteiger partial charge in [0.15, 0.2) is 5.82 Å². The van der Waals surface area contributed by atoms with Crippen LogP contribution in [0.3, 0.4) is 0 Å². The Morgan fingerprint density at radius 1 is 1.62 bits per heavy atom. The number of hydrogen-bond acceptors (Lipinski definition) is 6. The zero-order valence-corrected chi connectivity index (χ0v) is 10.2. The van der Waals surface area contributed by atoms with Gasteiger partial charge in [0.05, 0.1) is 0 Å². The normalized spacial score (nSPS) is 10.4. The van der Waals surface area contributed by atoms with Crippen LogP contribution in [-0.4, -0.2) is 40.6 Å². The Hall–Kier alpha value is -1.21. The van der Waals surface area contributed by atoms with Gasteiger partial charge in [-0.2, -0.15) is 4.37 Å². The van der Waals surface area contributed by atoms with E-state index in [4.69, 9.17) is 9.84 Å². The highest BCUT2D eigenvalue weighted by Crippen LogP contribution is 2.17. The van der Waals surface area contributed by atoms with Crippen molar-refractivity contribution in [3.8, 4) is 0 Å². The summed E-state index contributed by atoms with van der Waals surface area (Å²) in [5.41, 5.74) is 0. The van der Waals surface area contributed by atoms with Crippen molar-refractivity contribution in [1.82, 2.24) is 9.36 Å². The Kier molecular flexibility index (Phi) is 5.13. The average molecular weight is 245 g/mol. The van der Waals surface area contributed by atoms with E-state index in [1.165, 1.54) is 11.5 Å². The Labute approximate surface area is 98.0 Å². The van der Waals surface area contributed by atoms with Crippen LogP contribution in [0.5, 0.6) is 0 Å². The molecule has 1 aromatic heterocycles. The van der Waals surface area contributed by atoms with E-state index >= 15 is 0 Å². The Balaban J connectivity index is 2.71. The van der Waals surface area contributed by atoms with Crippen molar-refractivity contribution in [2.24, 2.45) is 0 Å². The SMILES string of the molecule is CCCN(CC(=O)O)c1nc(COC)ns1. The molecular weight excluding hydrogens is 230 g/mol. The largest absolute Gasteiger partial charge is 0.480 e. The molecule has 0 aliphatic carbocycles. The minimum absolute atomic E-state index is 0.0462. The van der Waals surface area contributed by atoms with Crippen molar-refractivity contribution < 1.29 is 14.6 Å². The summed E-state index contributed by atoms with van der Waals surface area (Å²) < 4.78 is 9.00. The molecule has 0 aliphatic rings. The summed E-state index contributed by atoms with van der Waals surface area (Å²) >= 11 is 1.20. The van der Waals surface area contributed by atoms with Crippen LogP contribution >= 0.6 is 11.5 Å².